The summed E-state index contributed by atoms with van der Waals surface area (Å²) in [6.07, 6.45) is 0. The molecule has 0 aromatic rings. The first-order valence-corrected chi connectivity index (χ1v) is 4.75. The first kappa shape index (κ1) is 8.45. The molecule has 0 spiro atoms. The van der Waals surface area contributed by atoms with E-state index in [0.29, 0.717) is 19.1 Å². The highest BCUT2D eigenvalue weighted by atomic mass is 19.1. The van der Waals surface area contributed by atoms with Crippen molar-refractivity contribution in [2.24, 2.45) is 5.92 Å². The maximum atomic E-state index is 14.0. The lowest BCUT2D eigenvalue weighted by molar-refractivity contribution is 0.154. The van der Waals surface area contributed by atoms with Crippen molar-refractivity contribution in [1.82, 2.24) is 10.2 Å². The van der Waals surface area contributed by atoms with Gasteiger partial charge in [0.1, 0.15) is 5.67 Å². The fraction of sp³-hybridized carbons (Fsp3) is 1.00. The van der Waals surface area contributed by atoms with Crippen LogP contribution in [-0.4, -0.2) is 42.8 Å². The zero-order valence-electron chi connectivity index (χ0n) is 7.81. The Bertz CT molecular complexity index is 183. The molecule has 2 fully saturated rings. The quantitative estimate of drug-likeness (QED) is 0.624. The Morgan fingerprint density at radius 2 is 2.33 bits per heavy atom. The van der Waals surface area contributed by atoms with Crippen molar-refractivity contribution in [3.63, 3.8) is 0 Å². The average Bonchev–Trinajstić information content (AvgIpc) is 2.41. The van der Waals surface area contributed by atoms with Crippen molar-refractivity contribution in [2.75, 3.05) is 26.2 Å². The third-order valence-corrected chi connectivity index (χ3v) is 3.19. The van der Waals surface area contributed by atoms with Crippen LogP contribution in [-0.2, 0) is 0 Å². The van der Waals surface area contributed by atoms with Crippen LogP contribution in [0.25, 0.3) is 0 Å². The summed E-state index contributed by atoms with van der Waals surface area (Å²) in [4.78, 5) is 2.24. The van der Waals surface area contributed by atoms with Crippen molar-refractivity contribution in [2.45, 2.75) is 25.6 Å². The van der Waals surface area contributed by atoms with E-state index < -0.39 is 5.67 Å². The predicted molar refractivity (Wildman–Crippen MR) is 46.9 cm³/mol. The van der Waals surface area contributed by atoms with E-state index in [-0.39, 0.29) is 5.92 Å². The van der Waals surface area contributed by atoms with Gasteiger partial charge < -0.3 is 5.32 Å². The van der Waals surface area contributed by atoms with E-state index in [1.165, 1.54) is 0 Å². The second kappa shape index (κ2) is 2.67. The highest BCUT2D eigenvalue weighted by Crippen LogP contribution is 2.34. The third-order valence-electron chi connectivity index (χ3n) is 3.19. The van der Waals surface area contributed by atoms with Crippen molar-refractivity contribution >= 4 is 0 Å². The van der Waals surface area contributed by atoms with E-state index in [1.54, 1.807) is 0 Å². The normalized spacial score (nSPS) is 42.5. The van der Waals surface area contributed by atoms with Gasteiger partial charge in [0.05, 0.1) is 0 Å². The molecule has 0 aromatic heterocycles. The lowest BCUT2D eigenvalue weighted by Gasteiger charge is -2.22. The molecule has 0 radical (unpaired) electrons. The Labute approximate surface area is 73.1 Å². The van der Waals surface area contributed by atoms with E-state index in [0.717, 1.165) is 13.1 Å². The molecule has 2 atom stereocenters. The smallest absolute Gasteiger partial charge is 0.141 e. The molecule has 0 bridgehead atoms. The molecular formula is C9H17FN2. The van der Waals surface area contributed by atoms with Crippen LogP contribution < -0.4 is 5.32 Å². The van der Waals surface area contributed by atoms with E-state index in [1.807, 2.05) is 0 Å². The van der Waals surface area contributed by atoms with Crippen LogP contribution in [0, 0.1) is 5.92 Å². The van der Waals surface area contributed by atoms with Crippen molar-refractivity contribution in [3.8, 4) is 0 Å². The lowest BCUT2D eigenvalue weighted by Crippen LogP contribution is -2.37. The molecule has 12 heavy (non-hydrogen) atoms. The first-order valence-electron chi connectivity index (χ1n) is 4.75. The average molecular weight is 172 g/mol. The van der Waals surface area contributed by atoms with Crippen molar-refractivity contribution in [3.05, 3.63) is 0 Å². The standard InChI is InChI=1S/C9H17FN2/c1-7(2)12-4-8-3-11-5-9(8,10)6-12/h7-8,11H,3-6H2,1-2H3. The molecule has 70 valence electrons. The number of rotatable bonds is 1. The monoisotopic (exact) mass is 172 g/mol. The molecule has 2 nitrogen and oxygen atoms in total. The molecule has 0 aliphatic carbocycles. The van der Waals surface area contributed by atoms with Crippen molar-refractivity contribution in [1.29, 1.82) is 0 Å². The number of fused-ring (bicyclic) bond motifs is 1. The number of likely N-dealkylation sites (tertiary alicyclic amines) is 1. The van der Waals surface area contributed by atoms with Crippen LogP contribution in [0.1, 0.15) is 13.8 Å². The van der Waals surface area contributed by atoms with Gasteiger partial charge in [0.2, 0.25) is 0 Å². The van der Waals surface area contributed by atoms with E-state index in [2.05, 4.69) is 24.1 Å². The van der Waals surface area contributed by atoms with Crippen LogP contribution in [0.3, 0.4) is 0 Å². The number of nitrogens with one attached hydrogen (secondary N) is 1. The van der Waals surface area contributed by atoms with Gasteiger partial charge in [-0.15, -0.1) is 0 Å². The van der Waals surface area contributed by atoms with Crippen LogP contribution in [0.4, 0.5) is 4.39 Å². The van der Waals surface area contributed by atoms with Crippen LogP contribution in [0.2, 0.25) is 0 Å². The van der Waals surface area contributed by atoms with Gasteiger partial charge in [-0.1, -0.05) is 0 Å². The molecule has 2 saturated heterocycles. The molecular weight excluding hydrogens is 155 g/mol. The summed E-state index contributed by atoms with van der Waals surface area (Å²) in [5.74, 6) is 0.236. The van der Waals surface area contributed by atoms with Gasteiger partial charge in [0.25, 0.3) is 0 Å². The summed E-state index contributed by atoms with van der Waals surface area (Å²) in [5.41, 5.74) is -0.926. The number of hydrogen-bond acceptors (Lipinski definition) is 2. The summed E-state index contributed by atoms with van der Waals surface area (Å²) in [5, 5.41) is 3.12. The van der Waals surface area contributed by atoms with Crippen LogP contribution in [0.5, 0.6) is 0 Å². The highest BCUT2D eigenvalue weighted by Gasteiger charge is 2.50. The number of halogens is 1. The summed E-state index contributed by atoms with van der Waals surface area (Å²) in [6.45, 7) is 7.25. The van der Waals surface area contributed by atoms with Gasteiger partial charge >= 0.3 is 0 Å². The molecule has 2 aliphatic rings. The van der Waals surface area contributed by atoms with Gasteiger partial charge in [-0.25, -0.2) is 4.39 Å². The third kappa shape index (κ3) is 1.15. The number of nitrogens with zero attached hydrogens (tertiary/aromatic N) is 1. The summed E-state index contributed by atoms with van der Waals surface area (Å²) in [6, 6.07) is 0.489. The molecule has 0 aromatic carbocycles. The maximum Gasteiger partial charge on any atom is 0.141 e. The topological polar surface area (TPSA) is 15.3 Å². The van der Waals surface area contributed by atoms with E-state index in [4.69, 9.17) is 0 Å². The highest BCUT2D eigenvalue weighted by molar-refractivity contribution is 5.04. The summed E-state index contributed by atoms with van der Waals surface area (Å²) in [7, 11) is 0. The zero-order chi connectivity index (χ0) is 8.77. The predicted octanol–water partition coefficient (Wildman–Crippen LogP) is 0.638. The number of hydrogen-bond donors (Lipinski definition) is 1. The lowest BCUT2D eigenvalue weighted by atomic mass is 9.97. The van der Waals surface area contributed by atoms with Crippen LogP contribution >= 0.6 is 0 Å². The Kier molecular flexibility index (Phi) is 1.88. The Morgan fingerprint density at radius 1 is 1.58 bits per heavy atom. The zero-order valence-corrected chi connectivity index (χ0v) is 7.81. The summed E-state index contributed by atoms with van der Waals surface area (Å²) < 4.78 is 14.0. The van der Waals surface area contributed by atoms with Crippen molar-refractivity contribution < 1.29 is 4.39 Å². The largest absolute Gasteiger partial charge is 0.313 e. The van der Waals surface area contributed by atoms with E-state index in [9.17, 15) is 4.39 Å². The molecule has 0 amide bonds. The molecule has 0 saturated carbocycles. The van der Waals surface area contributed by atoms with Gasteiger partial charge in [-0.05, 0) is 13.8 Å². The fourth-order valence-corrected chi connectivity index (χ4v) is 2.27. The van der Waals surface area contributed by atoms with Crippen LogP contribution in [0.15, 0.2) is 0 Å². The van der Waals surface area contributed by atoms with Gasteiger partial charge in [0.15, 0.2) is 0 Å². The molecule has 2 heterocycles. The minimum atomic E-state index is -0.926. The first-order chi connectivity index (χ1) is 5.62. The Hall–Kier alpha value is -0.150. The Balaban J connectivity index is 2.06. The molecule has 3 heteroatoms. The molecule has 2 aliphatic heterocycles. The van der Waals surface area contributed by atoms with Gasteiger partial charge in [0, 0.05) is 38.1 Å². The SMILES string of the molecule is CC(C)N1CC2CNCC2(F)C1. The maximum absolute atomic E-state index is 14.0. The number of alkyl halides is 1. The fourth-order valence-electron chi connectivity index (χ4n) is 2.27. The minimum Gasteiger partial charge on any atom is -0.313 e. The summed E-state index contributed by atoms with van der Waals surface area (Å²) >= 11 is 0. The second-order valence-corrected chi connectivity index (χ2v) is 4.39. The molecule has 2 rings (SSSR count). The minimum absolute atomic E-state index is 0.236. The van der Waals surface area contributed by atoms with Gasteiger partial charge in [-0.2, -0.15) is 0 Å². The second-order valence-electron chi connectivity index (χ2n) is 4.39. The molecule has 2 unspecified atom stereocenters. The molecule has 1 N–H and O–H groups in total. The Morgan fingerprint density at radius 3 is 2.92 bits per heavy atom. The van der Waals surface area contributed by atoms with E-state index >= 15 is 0 Å². The van der Waals surface area contributed by atoms with Gasteiger partial charge in [-0.3, -0.25) is 4.90 Å².